The van der Waals surface area contributed by atoms with Crippen LogP contribution in [0.25, 0.3) is 0 Å². The molecule has 2 rings (SSSR count). The Morgan fingerprint density at radius 3 is 2.52 bits per heavy atom. The van der Waals surface area contributed by atoms with E-state index in [9.17, 15) is 28.1 Å². The van der Waals surface area contributed by atoms with E-state index in [1.165, 1.54) is 47.9 Å². The smallest absolute Gasteiger partial charge is 0.410 e. The molecule has 11 nitrogen and oxygen atoms in total. The average Bonchev–Trinajstić information content (AvgIpc) is 3.06. The predicted octanol–water partition coefficient (Wildman–Crippen LogP) is 1.95. The van der Waals surface area contributed by atoms with Crippen LogP contribution >= 0.6 is 11.8 Å². The number of benzene rings is 1. The van der Waals surface area contributed by atoms with Gasteiger partial charge in [0.15, 0.2) is 0 Å². The van der Waals surface area contributed by atoms with E-state index in [4.69, 9.17) is 13.7 Å². The van der Waals surface area contributed by atoms with Gasteiger partial charge in [0.2, 0.25) is 0 Å². The van der Waals surface area contributed by atoms with Gasteiger partial charge in [-0.05, 0) is 24.1 Å². The number of hydrogen-bond acceptors (Lipinski definition) is 10. The van der Waals surface area contributed by atoms with Gasteiger partial charge in [0.25, 0.3) is 15.8 Å². The van der Waals surface area contributed by atoms with E-state index in [-0.39, 0.29) is 37.5 Å². The number of ether oxygens (including phenoxy) is 2. The van der Waals surface area contributed by atoms with Crippen molar-refractivity contribution in [3.63, 3.8) is 0 Å². The summed E-state index contributed by atoms with van der Waals surface area (Å²) in [4.78, 5) is 35.0. The van der Waals surface area contributed by atoms with E-state index >= 15 is 0 Å². The zero-order chi connectivity index (χ0) is 23.0. The van der Waals surface area contributed by atoms with Crippen LogP contribution in [0.15, 0.2) is 24.3 Å². The van der Waals surface area contributed by atoms with Crippen molar-refractivity contribution in [2.24, 2.45) is 0 Å². The highest BCUT2D eigenvalue weighted by Crippen LogP contribution is 2.26. The molecule has 13 heteroatoms. The van der Waals surface area contributed by atoms with Crippen molar-refractivity contribution >= 4 is 39.6 Å². The topological polar surface area (TPSA) is 142 Å². The van der Waals surface area contributed by atoms with Crippen molar-refractivity contribution in [1.82, 2.24) is 4.90 Å². The molecule has 0 saturated carbocycles. The Labute approximate surface area is 184 Å². The Morgan fingerprint density at radius 2 is 1.94 bits per heavy atom. The first kappa shape index (κ1) is 24.9. The number of nitro groups is 1. The van der Waals surface area contributed by atoms with Crippen LogP contribution in [0.5, 0.6) is 0 Å². The zero-order valence-corrected chi connectivity index (χ0v) is 18.7. The number of nitro benzene ring substituents is 1. The van der Waals surface area contributed by atoms with Crippen LogP contribution in [-0.2, 0) is 35.2 Å². The minimum Gasteiger partial charge on any atom is -0.465 e. The summed E-state index contributed by atoms with van der Waals surface area (Å²) in [6, 6.07) is 5.30. The molecule has 1 aromatic carbocycles. The molecule has 0 unspecified atom stereocenters. The molecule has 0 aromatic heterocycles. The molecule has 1 heterocycles. The first-order valence-corrected chi connectivity index (χ1v) is 12.3. The lowest BCUT2D eigenvalue weighted by atomic mass is 10.2. The Kier molecular flexibility index (Phi) is 9.07. The number of carbonyl (C=O) groups excluding carboxylic acids is 2. The van der Waals surface area contributed by atoms with Crippen LogP contribution in [0, 0.1) is 10.1 Å². The summed E-state index contributed by atoms with van der Waals surface area (Å²) in [6.45, 7) is 1.52. The summed E-state index contributed by atoms with van der Waals surface area (Å²) in [5.74, 6) is 0.635. The van der Waals surface area contributed by atoms with E-state index < -0.39 is 27.2 Å². The number of non-ortho nitro benzene ring substituents is 1. The van der Waals surface area contributed by atoms with E-state index in [2.05, 4.69) is 0 Å². The van der Waals surface area contributed by atoms with E-state index in [0.717, 1.165) is 6.26 Å². The van der Waals surface area contributed by atoms with Crippen molar-refractivity contribution in [1.29, 1.82) is 0 Å². The molecule has 172 valence electrons. The molecule has 31 heavy (non-hydrogen) atoms. The molecule has 1 aliphatic heterocycles. The molecule has 0 radical (unpaired) electrons. The van der Waals surface area contributed by atoms with Gasteiger partial charge in [-0.2, -0.15) is 20.2 Å². The molecule has 1 aliphatic rings. The Balaban J connectivity index is 1.94. The van der Waals surface area contributed by atoms with Crippen molar-refractivity contribution in [2.75, 3.05) is 30.9 Å². The fourth-order valence-electron chi connectivity index (χ4n) is 2.98. The first-order valence-electron chi connectivity index (χ1n) is 9.31. The summed E-state index contributed by atoms with van der Waals surface area (Å²) in [5.41, 5.74) is 0.510. The molecule has 0 spiro atoms. The molecule has 1 saturated heterocycles. The van der Waals surface area contributed by atoms with Crippen LogP contribution in [0.3, 0.4) is 0 Å². The summed E-state index contributed by atoms with van der Waals surface area (Å²) in [5, 5.41) is 10.7. The van der Waals surface area contributed by atoms with Gasteiger partial charge in [0, 0.05) is 36.6 Å². The number of thioether (sulfide) groups is 1. The largest absolute Gasteiger partial charge is 0.465 e. The fourth-order valence-corrected chi connectivity index (χ4v) is 4.57. The van der Waals surface area contributed by atoms with Crippen LogP contribution in [0.4, 0.5) is 10.5 Å². The maximum atomic E-state index is 12.6. The number of likely N-dealkylation sites (tertiary alicyclic amines) is 1. The maximum absolute atomic E-state index is 12.6. The first-order chi connectivity index (χ1) is 14.5. The third-order valence-corrected chi connectivity index (χ3v) is 5.97. The van der Waals surface area contributed by atoms with Gasteiger partial charge in [0.05, 0.1) is 23.8 Å². The van der Waals surface area contributed by atoms with E-state index in [0.29, 0.717) is 23.5 Å². The number of carbonyl (C=O) groups is 2. The van der Waals surface area contributed by atoms with Crippen LogP contribution < -0.4 is 0 Å². The molecule has 0 bridgehead atoms. The van der Waals surface area contributed by atoms with Crippen LogP contribution in [0.1, 0.15) is 18.9 Å². The highest BCUT2D eigenvalue weighted by Gasteiger charge is 2.38. The maximum Gasteiger partial charge on any atom is 0.410 e. The third kappa shape index (κ3) is 8.71. The molecular weight excluding hydrogens is 452 g/mol. The molecular formula is C18H24N2O9S2. The Bertz CT molecular complexity index is 890. The fraction of sp³-hybridized carbons (Fsp3) is 0.556. The van der Waals surface area contributed by atoms with Gasteiger partial charge >= 0.3 is 12.1 Å². The highest BCUT2D eigenvalue weighted by atomic mass is 32.2. The Hall–Kier alpha value is -2.38. The lowest BCUT2D eigenvalue weighted by molar-refractivity contribution is -0.384. The molecule has 2 atom stereocenters. The normalized spacial score (nSPS) is 18.6. The molecule has 1 fully saturated rings. The highest BCUT2D eigenvalue weighted by molar-refractivity contribution is 7.99. The summed E-state index contributed by atoms with van der Waals surface area (Å²) >= 11 is 1.46. The average molecular weight is 477 g/mol. The molecule has 0 N–H and O–H groups in total. The van der Waals surface area contributed by atoms with E-state index in [1.807, 2.05) is 0 Å². The van der Waals surface area contributed by atoms with E-state index in [1.54, 1.807) is 0 Å². The van der Waals surface area contributed by atoms with Gasteiger partial charge in [-0.25, -0.2) is 4.79 Å². The van der Waals surface area contributed by atoms with Crippen molar-refractivity contribution in [3.05, 3.63) is 39.9 Å². The lowest BCUT2D eigenvalue weighted by Gasteiger charge is -2.23. The second-order valence-electron chi connectivity index (χ2n) is 6.86. The van der Waals surface area contributed by atoms with Gasteiger partial charge in [-0.1, -0.05) is 0 Å². The van der Waals surface area contributed by atoms with Crippen LogP contribution in [0.2, 0.25) is 0 Å². The minimum atomic E-state index is -3.68. The Morgan fingerprint density at radius 1 is 1.26 bits per heavy atom. The number of amides is 1. The summed E-state index contributed by atoms with van der Waals surface area (Å²) in [6.07, 6.45) is -0.0457. The van der Waals surface area contributed by atoms with Gasteiger partial charge in [0.1, 0.15) is 13.2 Å². The monoisotopic (exact) mass is 476 g/mol. The van der Waals surface area contributed by atoms with Crippen molar-refractivity contribution in [3.8, 4) is 0 Å². The standard InChI is InChI=1S/C18H24N2O9S2/c1-13(21)27-7-8-30-12-16-9-17(29-31(2,25)26)10-19(16)18(22)28-11-14-3-5-15(6-4-14)20(23)24/h3-6,16-17H,7-12H2,1-2H3/t16-,17+/m0/s1. The van der Waals surface area contributed by atoms with Crippen LogP contribution in [-0.4, -0.2) is 73.4 Å². The third-order valence-electron chi connectivity index (χ3n) is 4.27. The molecule has 1 amide bonds. The van der Waals surface area contributed by atoms with Gasteiger partial charge in [-0.15, -0.1) is 0 Å². The number of esters is 1. The van der Waals surface area contributed by atoms with Crippen molar-refractivity contribution < 1.29 is 36.6 Å². The SMILES string of the molecule is CC(=O)OCCSC[C@@H]1C[C@@H](OS(C)(=O)=O)CN1C(=O)OCc1ccc([N+](=O)[O-])cc1. The quantitative estimate of drug-likeness (QED) is 0.162. The second-order valence-corrected chi connectivity index (χ2v) is 9.61. The zero-order valence-electron chi connectivity index (χ0n) is 17.1. The minimum absolute atomic E-state index is 0.0569. The van der Waals surface area contributed by atoms with Gasteiger partial charge < -0.3 is 14.4 Å². The molecule has 0 aliphatic carbocycles. The number of hydrogen-bond donors (Lipinski definition) is 0. The molecule has 1 aromatic rings. The number of nitrogens with zero attached hydrogens (tertiary/aromatic N) is 2. The van der Waals surface area contributed by atoms with Gasteiger partial charge in [-0.3, -0.25) is 19.1 Å². The predicted molar refractivity (Wildman–Crippen MR) is 112 cm³/mol. The lowest BCUT2D eigenvalue weighted by Crippen LogP contribution is -2.38. The summed E-state index contributed by atoms with van der Waals surface area (Å²) < 4.78 is 38.2. The van der Waals surface area contributed by atoms with Crippen molar-refractivity contribution in [2.45, 2.75) is 32.1 Å². The second kappa shape index (κ2) is 11.3. The summed E-state index contributed by atoms with van der Waals surface area (Å²) in [7, 11) is -3.68. The number of rotatable bonds is 10.